The fraction of sp³-hybridized carbons (Fsp3) is 0.333. The van der Waals surface area contributed by atoms with Crippen molar-refractivity contribution in [2.75, 3.05) is 7.05 Å². The number of nitrogens with two attached hydrogens (primary N) is 1. The van der Waals surface area contributed by atoms with Crippen molar-refractivity contribution < 1.29 is 0 Å². The van der Waals surface area contributed by atoms with Crippen molar-refractivity contribution in [3.63, 3.8) is 0 Å². The third kappa shape index (κ3) is 6.57. The highest BCUT2D eigenvalue weighted by Crippen LogP contribution is 2.33. The summed E-state index contributed by atoms with van der Waals surface area (Å²) in [5.74, 6) is 1.07. The molecule has 218 valence electrons. The van der Waals surface area contributed by atoms with Crippen LogP contribution in [0.2, 0.25) is 0 Å². The maximum Gasteiger partial charge on any atom is 0.156 e. The lowest BCUT2D eigenvalue weighted by atomic mass is 9.77. The molecule has 0 aromatic heterocycles. The van der Waals surface area contributed by atoms with Gasteiger partial charge in [-0.3, -0.25) is 4.99 Å². The standard InChI is InChI=1S/C39H47N3/c1-8-38(5,9-2)34-24-20-30(21-25-34)28-12-16-32(17-13-28)36(40)42-37(41-7)33-18-14-29(15-19-33)31-22-26-35(27-23-31)39(6,10-3)11-4/h12-27H,8-11H2,1-7H3,(H2,40,41,42). The van der Waals surface area contributed by atoms with Gasteiger partial charge in [-0.1, -0.05) is 139 Å². The summed E-state index contributed by atoms with van der Waals surface area (Å²) in [5.41, 5.74) is 16.3. The van der Waals surface area contributed by atoms with E-state index in [1.54, 1.807) is 7.05 Å². The number of amidine groups is 2. The molecule has 0 aliphatic carbocycles. The van der Waals surface area contributed by atoms with Crippen LogP contribution in [-0.2, 0) is 10.8 Å². The van der Waals surface area contributed by atoms with Crippen LogP contribution in [0.4, 0.5) is 0 Å². The van der Waals surface area contributed by atoms with Gasteiger partial charge in [0.25, 0.3) is 0 Å². The average Bonchev–Trinajstić information content (AvgIpc) is 3.06. The highest BCUT2D eigenvalue weighted by Gasteiger charge is 2.22. The van der Waals surface area contributed by atoms with E-state index in [0.717, 1.165) is 42.4 Å². The van der Waals surface area contributed by atoms with Crippen LogP contribution < -0.4 is 5.73 Å². The Hall–Kier alpha value is -3.98. The molecule has 0 fully saturated rings. The summed E-state index contributed by atoms with van der Waals surface area (Å²) in [7, 11) is 1.76. The van der Waals surface area contributed by atoms with E-state index in [4.69, 9.17) is 10.7 Å². The van der Waals surface area contributed by atoms with Crippen LogP contribution in [-0.4, -0.2) is 18.7 Å². The molecule has 0 saturated heterocycles. The van der Waals surface area contributed by atoms with E-state index in [0.29, 0.717) is 11.7 Å². The highest BCUT2D eigenvalue weighted by atomic mass is 14.9. The second-order valence-electron chi connectivity index (χ2n) is 11.9. The first-order valence-corrected chi connectivity index (χ1v) is 15.4. The van der Waals surface area contributed by atoms with Gasteiger partial charge < -0.3 is 5.73 Å². The third-order valence-electron chi connectivity index (χ3n) is 9.71. The van der Waals surface area contributed by atoms with E-state index in [-0.39, 0.29) is 10.8 Å². The molecule has 0 saturated carbocycles. The van der Waals surface area contributed by atoms with Crippen LogP contribution in [0.25, 0.3) is 22.3 Å². The Bertz CT molecular complexity index is 1500. The van der Waals surface area contributed by atoms with Crippen molar-refractivity contribution in [1.82, 2.24) is 0 Å². The zero-order valence-electron chi connectivity index (χ0n) is 26.5. The smallest absolute Gasteiger partial charge is 0.156 e. The van der Waals surface area contributed by atoms with Crippen LogP contribution in [0, 0.1) is 0 Å². The molecule has 0 atom stereocenters. The van der Waals surface area contributed by atoms with Gasteiger partial charge in [0.05, 0.1) is 0 Å². The lowest BCUT2D eigenvalue weighted by molar-refractivity contribution is 0.439. The number of hydrogen-bond donors (Lipinski definition) is 1. The predicted octanol–water partition coefficient (Wildman–Crippen LogP) is 9.96. The van der Waals surface area contributed by atoms with E-state index in [1.807, 2.05) is 12.1 Å². The van der Waals surface area contributed by atoms with Crippen LogP contribution in [0.15, 0.2) is 107 Å². The van der Waals surface area contributed by atoms with Gasteiger partial charge >= 0.3 is 0 Å². The minimum atomic E-state index is 0.225. The Morgan fingerprint density at radius 3 is 1.14 bits per heavy atom. The maximum absolute atomic E-state index is 6.46. The molecule has 0 bridgehead atoms. The summed E-state index contributed by atoms with van der Waals surface area (Å²) in [6, 6.07) is 34.7. The first-order valence-electron chi connectivity index (χ1n) is 15.4. The van der Waals surface area contributed by atoms with Crippen LogP contribution >= 0.6 is 0 Å². The molecule has 4 aromatic rings. The largest absolute Gasteiger partial charge is 0.383 e. The summed E-state index contributed by atoms with van der Waals surface area (Å²) in [5, 5.41) is 0. The summed E-state index contributed by atoms with van der Waals surface area (Å²) < 4.78 is 0. The molecule has 0 aliphatic rings. The topological polar surface area (TPSA) is 50.7 Å². The Kier molecular flexibility index (Phi) is 9.83. The first kappa shape index (κ1) is 31.0. The molecule has 4 rings (SSSR count). The van der Waals surface area contributed by atoms with E-state index in [9.17, 15) is 0 Å². The van der Waals surface area contributed by atoms with E-state index in [2.05, 4.69) is 131 Å². The molecule has 3 nitrogen and oxygen atoms in total. The molecule has 2 N–H and O–H groups in total. The molecule has 0 amide bonds. The lowest BCUT2D eigenvalue weighted by Crippen LogP contribution is -2.19. The van der Waals surface area contributed by atoms with Crippen molar-refractivity contribution in [3.05, 3.63) is 119 Å². The van der Waals surface area contributed by atoms with Gasteiger partial charge in [-0.05, 0) is 69.9 Å². The van der Waals surface area contributed by atoms with Gasteiger partial charge in [-0.2, -0.15) is 0 Å². The van der Waals surface area contributed by atoms with Crippen molar-refractivity contribution in [3.8, 4) is 22.3 Å². The fourth-order valence-electron chi connectivity index (χ4n) is 5.51. The van der Waals surface area contributed by atoms with Gasteiger partial charge in [-0.25, -0.2) is 4.99 Å². The monoisotopic (exact) mass is 557 g/mol. The zero-order valence-corrected chi connectivity index (χ0v) is 26.5. The first-order chi connectivity index (χ1) is 20.2. The highest BCUT2D eigenvalue weighted by molar-refractivity contribution is 6.11. The van der Waals surface area contributed by atoms with Gasteiger partial charge in [0.2, 0.25) is 0 Å². The third-order valence-corrected chi connectivity index (χ3v) is 9.71. The van der Waals surface area contributed by atoms with Crippen LogP contribution in [0.3, 0.4) is 0 Å². The molecular weight excluding hydrogens is 510 g/mol. The van der Waals surface area contributed by atoms with E-state index in [1.165, 1.54) is 27.8 Å². The summed E-state index contributed by atoms with van der Waals surface area (Å²) in [4.78, 5) is 9.14. The number of rotatable bonds is 10. The number of hydrogen-bond acceptors (Lipinski definition) is 1. The Morgan fingerprint density at radius 2 is 0.833 bits per heavy atom. The number of aliphatic imine (C=N–C) groups is 2. The summed E-state index contributed by atoms with van der Waals surface area (Å²) >= 11 is 0. The fourth-order valence-corrected chi connectivity index (χ4v) is 5.51. The summed E-state index contributed by atoms with van der Waals surface area (Å²) in [6.45, 7) is 13.7. The van der Waals surface area contributed by atoms with Crippen molar-refractivity contribution >= 4 is 11.7 Å². The molecule has 3 heteroatoms. The van der Waals surface area contributed by atoms with Gasteiger partial charge in [0.1, 0.15) is 5.84 Å². The van der Waals surface area contributed by atoms with Crippen molar-refractivity contribution in [1.29, 1.82) is 0 Å². The SMILES string of the molecule is CCC(C)(CC)c1ccc(-c2ccc(C(N)=NC(=NC)c3ccc(-c4ccc(C(C)(CC)CC)cc4)cc3)cc2)cc1. The van der Waals surface area contributed by atoms with Crippen LogP contribution in [0.1, 0.15) is 89.5 Å². The summed E-state index contributed by atoms with van der Waals surface area (Å²) in [6.07, 6.45) is 4.54. The van der Waals surface area contributed by atoms with Crippen molar-refractivity contribution in [2.45, 2.75) is 78.1 Å². The number of benzene rings is 4. The van der Waals surface area contributed by atoms with E-state index < -0.39 is 0 Å². The minimum Gasteiger partial charge on any atom is -0.383 e. The molecule has 0 unspecified atom stereocenters. The minimum absolute atomic E-state index is 0.225. The van der Waals surface area contributed by atoms with Gasteiger partial charge in [0.15, 0.2) is 5.84 Å². The molecular formula is C39H47N3. The normalized spacial score (nSPS) is 12.9. The second kappa shape index (κ2) is 13.3. The molecule has 4 aromatic carbocycles. The Morgan fingerprint density at radius 1 is 0.524 bits per heavy atom. The lowest BCUT2D eigenvalue weighted by Gasteiger charge is -2.27. The molecule has 0 aliphatic heterocycles. The predicted molar refractivity (Wildman–Crippen MR) is 183 cm³/mol. The maximum atomic E-state index is 6.46. The van der Waals surface area contributed by atoms with Crippen LogP contribution in [0.5, 0.6) is 0 Å². The molecule has 42 heavy (non-hydrogen) atoms. The van der Waals surface area contributed by atoms with Gasteiger partial charge in [-0.15, -0.1) is 0 Å². The Labute approximate surface area is 253 Å². The molecule has 0 heterocycles. The molecule has 0 spiro atoms. The Balaban J connectivity index is 1.48. The molecule has 0 radical (unpaired) electrons. The quantitative estimate of drug-likeness (QED) is 0.153. The number of nitrogens with zero attached hydrogens (tertiary/aromatic N) is 2. The van der Waals surface area contributed by atoms with Gasteiger partial charge in [0, 0.05) is 18.2 Å². The van der Waals surface area contributed by atoms with Crippen molar-refractivity contribution in [2.24, 2.45) is 15.7 Å². The second-order valence-corrected chi connectivity index (χ2v) is 11.9. The zero-order chi connectivity index (χ0) is 30.3. The average molecular weight is 558 g/mol. The van der Waals surface area contributed by atoms with E-state index >= 15 is 0 Å².